The summed E-state index contributed by atoms with van der Waals surface area (Å²) >= 11 is 0. The lowest BCUT2D eigenvalue weighted by Gasteiger charge is -2.08. The number of allylic oxidation sites excluding steroid dienone is 3. The number of aromatic amines is 2. The fourth-order valence-electron chi connectivity index (χ4n) is 6.51. The molecule has 3 aromatic rings. The van der Waals surface area contributed by atoms with Crippen LogP contribution < -0.4 is 0 Å². The highest BCUT2D eigenvalue weighted by molar-refractivity contribution is 5.96. The molecule has 0 aliphatic carbocycles. The minimum atomic E-state index is -0.786. The third-order valence-electron chi connectivity index (χ3n) is 9.08. The number of esters is 2. The molecule has 0 spiro atoms. The summed E-state index contributed by atoms with van der Waals surface area (Å²) in [5.74, 6) is -0.621. The molecule has 0 saturated heterocycles. The number of aromatic nitrogens is 4. The number of nitrogens with one attached hydrogen (secondary N) is 2. The molecule has 10 heteroatoms. The molecule has 3 aromatic heterocycles. The van der Waals surface area contributed by atoms with Crippen LogP contribution in [0.1, 0.15) is 98.1 Å². The number of carbonyl (C=O) groups is 2. The molecule has 4 N–H and O–H groups in total. The third-order valence-corrected chi connectivity index (χ3v) is 9.08. The van der Waals surface area contributed by atoms with Crippen molar-refractivity contribution in [1.82, 2.24) is 19.9 Å². The summed E-state index contributed by atoms with van der Waals surface area (Å²) in [7, 11) is 2.75. The molecular weight excluding hydrogens is 584 g/mol. The summed E-state index contributed by atoms with van der Waals surface area (Å²) in [5, 5.41) is 21.7. The van der Waals surface area contributed by atoms with Gasteiger partial charge in [0, 0.05) is 46.0 Å². The van der Waals surface area contributed by atoms with Gasteiger partial charge >= 0.3 is 11.9 Å². The van der Waals surface area contributed by atoms with E-state index in [9.17, 15) is 19.8 Å². The minimum Gasteiger partial charge on any atom is -0.469 e. The molecule has 10 nitrogen and oxygen atoms in total. The molecule has 2 unspecified atom stereocenters. The van der Waals surface area contributed by atoms with Crippen LogP contribution in [0, 0.1) is 13.8 Å². The number of carbonyl (C=O) groups excluding carboxylic acids is 2. The molecule has 8 bridgehead atoms. The first kappa shape index (κ1) is 32.8. The van der Waals surface area contributed by atoms with E-state index in [0.717, 1.165) is 61.0 Å². The van der Waals surface area contributed by atoms with E-state index < -0.39 is 12.2 Å². The zero-order chi connectivity index (χ0) is 33.4. The fourth-order valence-corrected chi connectivity index (χ4v) is 6.51. The molecule has 0 aromatic carbocycles. The summed E-state index contributed by atoms with van der Waals surface area (Å²) in [6, 6.07) is 7.77. The molecular formula is C36H42N4O6. The smallest absolute Gasteiger partial charge is 0.305 e. The third kappa shape index (κ3) is 6.15. The number of rotatable bonds is 8. The van der Waals surface area contributed by atoms with E-state index in [0.29, 0.717) is 41.2 Å². The summed E-state index contributed by atoms with van der Waals surface area (Å²) in [4.78, 5) is 41.4. The van der Waals surface area contributed by atoms with Crippen molar-refractivity contribution in [3.63, 3.8) is 0 Å². The Morgan fingerprint density at radius 2 is 1.26 bits per heavy atom. The molecule has 0 fully saturated rings. The van der Waals surface area contributed by atoms with Gasteiger partial charge in [-0.05, 0) is 112 Å². The number of hydrogen-bond acceptors (Lipinski definition) is 8. The number of hydrogen-bond donors (Lipinski definition) is 4. The van der Waals surface area contributed by atoms with Crippen LogP contribution in [0.4, 0.5) is 0 Å². The Kier molecular flexibility index (Phi) is 9.32. The van der Waals surface area contributed by atoms with Crippen LogP contribution >= 0.6 is 0 Å². The highest BCUT2D eigenvalue weighted by Crippen LogP contribution is 2.38. The number of H-pyrrole nitrogens is 2. The van der Waals surface area contributed by atoms with E-state index in [-0.39, 0.29) is 24.8 Å². The fraction of sp³-hybridized carbons (Fsp3) is 0.389. The lowest BCUT2D eigenvalue weighted by atomic mass is 9.98. The van der Waals surface area contributed by atoms with E-state index in [4.69, 9.17) is 19.4 Å². The van der Waals surface area contributed by atoms with Crippen molar-refractivity contribution < 1.29 is 29.3 Å². The number of aryl methyl sites for hydroxylation is 3. The van der Waals surface area contributed by atoms with Crippen LogP contribution in [-0.2, 0) is 25.5 Å². The topological polar surface area (TPSA) is 150 Å². The average molecular weight is 627 g/mol. The van der Waals surface area contributed by atoms with Crippen molar-refractivity contribution in [2.75, 3.05) is 14.2 Å². The van der Waals surface area contributed by atoms with Crippen LogP contribution in [0.15, 0.2) is 24.3 Å². The molecule has 5 heterocycles. The highest BCUT2D eigenvalue weighted by atomic mass is 16.5. The van der Waals surface area contributed by atoms with Crippen molar-refractivity contribution in [2.45, 2.75) is 79.4 Å². The molecule has 2 aliphatic rings. The van der Waals surface area contributed by atoms with E-state index >= 15 is 0 Å². The maximum atomic E-state index is 12.2. The zero-order valence-corrected chi connectivity index (χ0v) is 27.7. The molecule has 0 amide bonds. The highest BCUT2D eigenvalue weighted by Gasteiger charge is 2.24. The largest absolute Gasteiger partial charge is 0.469 e. The maximum absolute atomic E-state index is 12.2. The van der Waals surface area contributed by atoms with Gasteiger partial charge in [0.2, 0.25) is 0 Å². The van der Waals surface area contributed by atoms with Gasteiger partial charge in [-0.15, -0.1) is 0 Å². The Bertz CT molecular complexity index is 1960. The van der Waals surface area contributed by atoms with Crippen molar-refractivity contribution in [2.24, 2.45) is 0 Å². The van der Waals surface area contributed by atoms with Gasteiger partial charge in [-0.1, -0.05) is 0 Å². The number of fused-ring (bicyclic) bond motifs is 8. The first-order valence-corrected chi connectivity index (χ1v) is 15.5. The summed E-state index contributed by atoms with van der Waals surface area (Å²) in [6.07, 6.45) is -0.271. The number of ether oxygens (including phenoxy) is 2. The lowest BCUT2D eigenvalue weighted by Crippen LogP contribution is -2.03. The first-order valence-electron chi connectivity index (χ1n) is 15.5. The molecule has 242 valence electrons. The second-order valence-corrected chi connectivity index (χ2v) is 12.0. The van der Waals surface area contributed by atoms with Crippen LogP contribution in [0.3, 0.4) is 0 Å². The van der Waals surface area contributed by atoms with Crippen LogP contribution in [0.25, 0.3) is 44.4 Å². The SMILES string of the molecule is COC(=O)CCC1=C(C)c2cc3nc(cc4[nH]c(cc5[nH]c(cc1n2)c(CCC(=O)OC)c5C)c(C)c4C(C)O)C(C)=C3C(C)O. The normalized spacial score (nSPS) is 14.5. The predicted octanol–water partition coefficient (Wildman–Crippen LogP) is 6.29. The van der Waals surface area contributed by atoms with Gasteiger partial charge in [0.15, 0.2) is 0 Å². The molecule has 5 rings (SSSR count). The van der Waals surface area contributed by atoms with Gasteiger partial charge in [0.1, 0.15) is 0 Å². The van der Waals surface area contributed by atoms with Gasteiger partial charge in [-0.3, -0.25) is 9.59 Å². The van der Waals surface area contributed by atoms with Gasteiger partial charge in [0.05, 0.1) is 49.2 Å². The number of methoxy groups -OCH3 is 2. The Morgan fingerprint density at radius 1 is 0.696 bits per heavy atom. The maximum Gasteiger partial charge on any atom is 0.305 e. The molecule has 2 aliphatic heterocycles. The van der Waals surface area contributed by atoms with Crippen molar-refractivity contribution >= 4 is 56.3 Å². The van der Waals surface area contributed by atoms with Crippen molar-refractivity contribution in [1.29, 1.82) is 0 Å². The van der Waals surface area contributed by atoms with Crippen LogP contribution in [-0.4, -0.2) is 62.4 Å². The van der Waals surface area contributed by atoms with Crippen LogP contribution in [0.2, 0.25) is 0 Å². The van der Waals surface area contributed by atoms with E-state index in [2.05, 4.69) is 9.97 Å². The Balaban J connectivity index is 1.92. The van der Waals surface area contributed by atoms with Crippen LogP contribution in [0.5, 0.6) is 0 Å². The minimum absolute atomic E-state index is 0.187. The number of aliphatic hydroxyl groups excluding tert-OH is 2. The molecule has 0 radical (unpaired) electrons. The van der Waals surface area contributed by atoms with Gasteiger partial charge in [0.25, 0.3) is 0 Å². The summed E-state index contributed by atoms with van der Waals surface area (Å²) < 4.78 is 9.87. The predicted molar refractivity (Wildman–Crippen MR) is 179 cm³/mol. The lowest BCUT2D eigenvalue weighted by molar-refractivity contribution is -0.141. The molecule has 46 heavy (non-hydrogen) atoms. The summed E-state index contributed by atoms with van der Waals surface area (Å²) in [5.41, 5.74) is 12.7. The Hall–Kier alpha value is -4.54. The average Bonchev–Trinajstić information content (AvgIpc) is 3.67. The van der Waals surface area contributed by atoms with Crippen molar-refractivity contribution in [3.8, 4) is 0 Å². The molecule has 0 saturated carbocycles. The van der Waals surface area contributed by atoms with E-state index in [1.165, 1.54) is 14.2 Å². The number of aliphatic hydroxyl groups is 2. The van der Waals surface area contributed by atoms with E-state index in [1.54, 1.807) is 13.8 Å². The Morgan fingerprint density at radius 3 is 1.89 bits per heavy atom. The second kappa shape index (κ2) is 13.1. The Labute approximate surface area is 268 Å². The monoisotopic (exact) mass is 626 g/mol. The zero-order valence-electron chi connectivity index (χ0n) is 27.7. The molecule has 2 atom stereocenters. The van der Waals surface area contributed by atoms with Crippen molar-refractivity contribution in [3.05, 3.63) is 69.3 Å². The van der Waals surface area contributed by atoms with Gasteiger partial charge < -0.3 is 29.7 Å². The van der Waals surface area contributed by atoms with E-state index in [1.807, 2.05) is 52.0 Å². The summed E-state index contributed by atoms with van der Waals surface area (Å²) in [6.45, 7) is 11.3. The quantitative estimate of drug-likeness (QED) is 0.213. The van der Waals surface area contributed by atoms with Gasteiger partial charge in [-0.2, -0.15) is 0 Å². The van der Waals surface area contributed by atoms with Gasteiger partial charge in [-0.25, -0.2) is 9.97 Å². The number of nitrogens with zero attached hydrogens (tertiary/aromatic N) is 2. The second-order valence-electron chi connectivity index (χ2n) is 12.0. The standard InChI is InChI=1S/C36H42N4O6/c1-17-23(9-11-33(43)45-7)29-16-30-24(10-12-34(44)46-8)18(2)26(38-30)14-31-36(22(6)42)20(4)28(40-31)15-32-35(21(5)41)19(3)27(39-32)13-25(17)37-29/h13-16,21-22,37,39,41-42H,9-12H2,1-8H3. The first-order chi connectivity index (χ1) is 21.8.